The van der Waals surface area contributed by atoms with Crippen LogP contribution >= 0.6 is 0 Å². The maximum absolute atomic E-state index is 10.1. The van der Waals surface area contributed by atoms with Crippen molar-refractivity contribution in [3.63, 3.8) is 0 Å². The van der Waals surface area contributed by atoms with Gasteiger partial charge in [-0.05, 0) is 19.3 Å². The van der Waals surface area contributed by atoms with E-state index in [2.05, 4.69) is 23.8 Å². The average Bonchev–Trinajstić information content (AvgIpc) is 2.04. The predicted octanol–water partition coefficient (Wildman–Crippen LogP) is 1.73. The van der Waals surface area contributed by atoms with E-state index in [1.165, 1.54) is 0 Å². The normalized spacial score (nSPS) is 15.8. The number of nitrogens with zero attached hydrogens (tertiary/aromatic N) is 2. The Labute approximate surface area is 78.9 Å². The van der Waals surface area contributed by atoms with E-state index >= 15 is 0 Å². The zero-order valence-corrected chi connectivity index (χ0v) is 8.36. The standard InChI is InChI=1S/C10H16N2O/c1-8(2)6-10(3,13)9-7-11-4-5-12-9/h4-5,7-8,13H,6H2,1-3H3. The van der Waals surface area contributed by atoms with Crippen molar-refractivity contribution in [3.05, 3.63) is 24.3 Å². The minimum Gasteiger partial charge on any atom is -0.384 e. The van der Waals surface area contributed by atoms with E-state index in [4.69, 9.17) is 0 Å². The highest BCUT2D eigenvalue weighted by atomic mass is 16.3. The number of hydrogen-bond acceptors (Lipinski definition) is 3. The Morgan fingerprint density at radius 1 is 1.46 bits per heavy atom. The first-order chi connectivity index (χ1) is 6.02. The van der Waals surface area contributed by atoms with Crippen molar-refractivity contribution in [2.75, 3.05) is 0 Å². The molecule has 1 atom stereocenters. The molecule has 0 saturated heterocycles. The molecular weight excluding hydrogens is 164 g/mol. The van der Waals surface area contributed by atoms with Gasteiger partial charge in [-0.3, -0.25) is 9.97 Å². The van der Waals surface area contributed by atoms with Crippen molar-refractivity contribution < 1.29 is 5.11 Å². The van der Waals surface area contributed by atoms with Gasteiger partial charge in [-0.2, -0.15) is 0 Å². The summed E-state index contributed by atoms with van der Waals surface area (Å²) in [6.45, 7) is 5.92. The number of aromatic nitrogens is 2. The topological polar surface area (TPSA) is 46.0 Å². The Morgan fingerprint density at radius 3 is 2.62 bits per heavy atom. The van der Waals surface area contributed by atoms with Gasteiger partial charge in [0.25, 0.3) is 0 Å². The lowest BCUT2D eigenvalue weighted by atomic mass is 9.91. The van der Waals surface area contributed by atoms with E-state index in [9.17, 15) is 5.11 Å². The van der Waals surface area contributed by atoms with Crippen LogP contribution < -0.4 is 0 Å². The molecule has 0 aliphatic heterocycles. The molecular formula is C10H16N2O. The first kappa shape index (κ1) is 10.1. The number of rotatable bonds is 3. The Morgan fingerprint density at radius 2 is 2.15 bits per heavy atom. The summed E-state index contributed by atoms with van der Waals surface area (Å²) in [7, 11) is 0. The second kappa shape index (κ2) is 3.83. The second-order valence-corrected chi connectivity index (χ2v) is 3.96. The lowest BCUT2D eigenvalue weighted by Crippen LogP contribution is -2.24. The third kappa shape index (κ3) is 2.77. The minimum absolute atomic E-state index is 0.442. The van der Waals surface area contributed by atoms with Crippen LogP contribution in [0.15, 0.2) is 18.6 Å². The highest BCUT2D eigenvalue weighted by Gasteiger charge is 2.25. The summed E-state index contributed by atoms with van der Waals surface area (Å²) >= 11 is 0. The van der Waals surface area contributed by atoms with Crippen LogP contribution in [0.3, 0.4) is 0 Å². The van der Waals surface area contributed by atoms with Crippen molar-refractivity contribution in [3.8, 4) is 0 Å². The second-order valence-electron chi connectivity index (χ2n) is 3.96. The fourth-order valence-corrected chi connectivity index (χ4v) is 1.48. The summed E-state index contributed by atoms with van der Waals surface area (Å²) in [4.78, 5) is 8.03. The van der Waals surface area contributed by atoms with Gasteiger partial charge in [0, 0.05) is 12.4 Å². The van der Waals surface area contributed by atoms with Crippen molar-refractivity contribution >= 4 is 0 Å². The molecule has 0 fully saturated rings. The van der Waals surface area contributed by atoms with Crippen LogP contribution in [0.25, 0.3) is 0 Å². The Bertz CT molecular complexity index is 257. The van der Waals surface area contributed by atoms with Crippen LogP contribution in [-0.4, -0.2) is 15.1 Å². The monoisotopic (exact) mass is 180 g/mol. The van der Waals surface area contributed by atoms with Crippen LogP contribution in [0.5, 0.6) is 0 Å². The van der Waals surface area contributed by atoms with Crippen LogP contribution in [0.2, 0.25) is 0 Å². The maximum atomic E-state index is 10.1. The van der Waals surface area contributed by atoms with Crippen LogP contribution in [0, 0.1) is 5.92 Å². The number of hydrogen-bond donors (Lipinski definition) is 1. The van der Waals surface area contributed by atoms with E-state index < -0.39 is 5.60 Å². The Kier molecular flexibility index (Phi) is 2.98. The molecule has 72 valence electrons. The fraction of sp³-hybridized carbons (Fsp3) is 0.600. The molecule has 0 saturated carbocycles. The summed E-state index contributed by atoms with van der Waals surface area (Å²) in [5, 5.41) is 10.1. The van der Waals surface area contributed by atoms with Crippen LogP contribution in [0.4, 0.5) is 0 Å². The minimum atomic E-state index is -0.859. The molecule has 1 aromatic heterocycles. The third-order valence-corrected chi connectivity index (χ3v) is 1.92. The van der Waals surface area contributed by atoms with Gasteiger partial charge in [-0.25, -0.2) is 0 Å². The summed E-state index contributed by atoms with van der Waals surface area (Å²) in [5.74, 6) is 0.442. The van der Waals surface area contributed by atoms with Crippen molar-refractivity contribution in [2.24, 2.45) is 5.92 Å². The summed E-state index contributed by atoms with van der Waals surface area (Å²) in [6, 6.07) is 0. The first-order valence-electron chi connectivity index (χ1n) is 4.51. The largest absolute Gasteiger partial charge is 0.384 e. The van der Waals surface area contributed by atoms with Crippen LogP contribution in [0.1, 0.15) is 32.9 Å². The molecule has 1 rings (SSSR count). The number of aliphatic hydroxyl groups is 1. The predicted molar refractivity (Wildman–Crippen MR) is 51.1 cm³/mol. The highest BCUT2D eigenvalue weighted by molar-refractivity contribution is 5.05. The lowest BCUT2D eigenvalue weighted by molar-refractivity contribution is 0.0302. The van der Waals surface area contributed by atoms with E-state index in [0.717, 1.165) is 0 Å². The van der Waals surface area contributed by atoms with Gasteiger partial charge < -0.3 is 5.11 Å². The highest BCUT2D eigenvalue weighted by Crippen LogP contribution is 2.25. The smallest absolute Gasteiger partial charge is 0.105 e. The Balaban J connectivity index is 2.81. The summed E-state index contributed by atoms with van der Waals surface area (Å²) in [6.07, 6.45) is 5.52. The third-order valence-electron chi connectivity index (χ3n) is 1.92. The Hall–Kier alpha value is -0.960. The summed E-state index contributed by atoms with van der Waals surface area (Å²) < 4.78 is 0. The molecule has 0 amide bonds. The fourth-order valence-electron chi connectivity index (χ4n) is 1.48. The zero-order chi connectivity index (χ0) is 9.90. The molecule has 0 aliphatic rings. The van der Waals surface area contributed by atoms with Gasteiger partial charge in [0.05, 0.1) is 11.9 Å². The van der Waals surface area contributed by atoms with E-state index in [1.807, 2.05) is 0 Å². The molecule has 0 aromatic carbocycles. The molecule has 13 heavy (non-hydrogen) atoms. The maximum Gasteiger partial charge on any atom is 0.105 e. The molecule has 0 bridgehead atoms. The lowest BCUT2D eigenvalue weighted by Gasteiger charge is -2.23. The molecule has 1 N–H and O–H groups in total. The van der Waals surface area contributed by atoms with Gasteiger partial charge in [-0.1, -0.05) is 13.8 Å². The average molecular weight is 180 g/mol. The van der Waals surface area contributed by atoms with Gasteiger partial charge in [0.15, 0.2) is 0 Å². The van der Waals surface area contributed by atoms with E-state index in [0.29, 0.717) is 18.0 Å². The SMILES string of the molecule is CC(C)CC(C)(O)c1cnccn1. The molecule has 1 aromatic rings. The van der Waals surface area contributed by atoms with Crippen molar-refractivity contribution in [2.45, 2.75) is 32.8 Å². The van der Waals surface area contributed by atoms with E-state index in [-0.39, 0.29) is 0 Å². The van der Waals surface area contributed by atoms with Gasteiger partial charge in [-0.15, -0.1) is 0 Å². The quantitative estimate of drug-likeness (QED) is 0.770. The van der Waals surface area contributed by atoms with Gasteiger partial charge >= 0.3 is 0 Å². The molecule has 3 heteroatoms. The molecule has 0 radical (unpaired) electrons. The molecule has 0 spiro atoms. The van der Waals surface area contributed by atoms with Crippen LogP contribution in [-0.2, 0) is 5.60 Å². The first-order valence-corrected chi connectivity index (χ1v) is 4.51. The van der Waals surface area contributed by atoms with E-state index in [1.54, 1.807) is 25.5 Å². The molecule has 1 heterocycles. The molecule has 1 unspecified atom stereocenters. The molecule has 0 aliphatic carbocycles. The van der Waals surface area contributed by atoms with Gasteiger partial charge in [0.1, 0.15) is 5.60 Å². The van der Waals surface area contributed by atoms with Gasteiger partial charge in [0.2, 0.25) is 0 Å². The zero-order valence-electron chi connectivity index (χ0n) is 8.36. The van der Waals surface area contributed by atoms with Crippen molar-refractivity contribution in [1.82, 2.24) is 9.97 Å². The molecule has 3 nitrogen and oxygen atoms in total. The summed E-state index contributed by atoms with van der Waals surface area (Å²) in [5.41, 5.74) is -0.216. The van der Waals surface area contributed by atoms with Crippen molar-refractivity contribution in [1.29, 1.82) is 0 Å².